The van der Waals surface area contributed by atoms with Gasteiger partial charge in [0.1, 0.15) is 0 Å². The van der Waals surface area contributed by atoms with E-state index in [0.29, 0.717) is 11.8 Å². The van der Waals surface area contributed by atoms with Gasteiger partial charge in [-0.15, -0.1) is 0 Å². The van der Waals surface area contributed by atoms with Crippen LogP contribution >= 0.6 is 0 Å². The van der Waals surface area contributed by atoms with Crippen LogP contribution in [0.25, 0.3) is 0 Å². The molecule has 1 aliphatic rings. The van der Waals surface area contributed by atoms with Gasteiger partial charge in [0.05, 0.1) is 0 Å². The lowest BCUT2D eigenvalue weighted by Gasteiger charge is -2.25. The standard InChI is InChI=1S/C10H18O/c1-7-5-9(6-11)8(2)10(7,3)4/h7,9,11H,2,5-6H2,1,3-4H3/t7-,9+/m0/s1. The SMILES string of the molecule is C=C1[C@@H](CO)C[C@H](C)C1(C)C. The Balaban J connectivity index is 2.80. The maximum atomic E-state index is 9.03. The summed E-state index contributed by atoms with van der Waals surface area (Å²) in [6, 6.07) is 0. The lowest BCUT2D eigenvalue weighted by molar-refractivity contribution is 0.244. The van der Waals surface area contributed by atoms with Gasteiger partial charge in [-0.1, -0.05) is 32.9 Å². The third-order valence-corrected chi connectivity index (χ3v) is 3.41. The van der Waals surface area contributed by atoms with Gasteiger partial charge in [-0.2, -0.15) is 0 Å². The van der Waals surface area contributed by atoms with Crippen molar-refractivity contribution in [2.45, 2.75) is 27.2 Å². The van der Waals surface area contributed by atoms with Crippen LogP contribution in [0.1, 0.15) is 27.2 Å². The Bertz CT molecular complexity index is 170. The minimum Gasteiger partial charge on any atom is -0.396 e. The summed E-state index contributed by atoms with van der Waals surface area (Å²) in [6.45, 7) is 11.0. The van der Waals surface area contributed by atoms with Crippen molar-refractivity contribution >= 4 is 0 Å². The van der Waals surface area contributed by atoms with E-state index in [1.54, 1.807) is 0 Å². The molecule has 1 N–H and O–H groups in total. The smallest absolute Gasteiger partial charge is 0.0496 e. The van der Waals surface area contributed by atoms with Crippen molar-refractivity contribution in [3.8, 4) is 0 Å². The highest BCUT2D eigenvalue weighted by atomic mass is 16.3. The van der Waals surface area contributed by atoms with Crippen molar-refractivity contribution in [3.05, 3.63) is 12.2 Å². The molecule has 0 spiro atoms. The summed E-state index contributed by atoms with van der Waals surface area (Å²) in [5.74, 6) is 1.01. The molecule has 0 aliphatic heterocycles. The Hall–Kier alpha value is -0.300. The highest BCUT2D eigenvalue weighted by Gasteiger charge is 2.40. The summed E-state index contributed by atoms with van der Waals surface area (Å²) >= 11 is 0. The minimum atomic E-state index is 0.230. The number of hydrogen-bond acceptors (Lipinski definition) is 1. The monoisotopic (exact) mass is 154 g/mol. The van der Waals surface area contributed by atoms with Crippen molar-refractivity contribution in [1.29, 1.82) is 0 Å². The van der Waals surface area contributed by atoms with Gasteiger partial charge in [-0.3, -0.25) is 0 Å². The van der Waals surface area contributed by atoms with E-state index in [9.17, 15) is 0 Å². The highest BCUT2D eigenvalue weighted by Crippen LogP contribution is 2.48. The molecule has 2 atom stereocenters. The number of hydrogen-bond donors (Lipinski definition) is 1. The molecule has 0 aromatic heterocycles. The Labute approximate surface area is 69.1 Å². The van der Waals surface area contributed by atoms with E-state index < -0.39 is 0 Å². The largest absolute Gasteiger partial charge is 0.396 e. The topological polar surface area (TPSA) is 20.2 Å². The van der Waals surface area contributed by atoms with Gasteiger partial charge >= 0.3 is 0 Å². The normalized spacial score (nSPS) is 36.2. The summed E-state index contributed by atoms with van der Waals surface area (Å²) in [4.78, 5) is 0. The molecular formula is C10H18O. The first-order valence-corrected chi connectivity index (χ1v) is 4.30. The van der Waals surface area contributed by atoms with Crippen LogP contribution < -0.4 is 0 Å². The first-order chi connectivity index (χ1) is 5.00. The van der Waals surface area contributed by atoms with Gasteiger partial charge in [0, 0.05) is 12.5 Å². The number of aliphatic hydroxyl groups excluding tert-OH is 1. The van der Waals surface area contributed by atoms with E-state index in [-0.39, 0.29) is 12.0 Å². The Morgan fingerprint density at radius 2 is 2.18 bits per heavy atom. The molecule has 1 heteroatoms. The molecule has 0 saturated heterocycles. The molecule has 1 saturated carbocycles. The van der Waals surface area contributed by atoms with E-state index in [4.69, 9.17) is 5.11 Å². The van der Waals surface area contributed by atoms with Crippen LogP contribution in [0.15, 0.2) is 12.2 Å². The van der Waals surface area contributed by atoms with Crippen LogP contribution in [-0.2, 0) is 0 Å². The van der Waals surface area contributed by atoms with Crippen molar-refractivity contribution < 1.29 is 5.11 Å². The quantitative estimate of drug-likeness (QED) is 0.574. The van der Waals surface area contributed by atoms with E-state index in [1.807, 2.05) is 0 Å². The Kier molecular flexibility index (Phi) is 2.10. The third kappa shape index (κ3) is 1.22. The first kappa shape index (κ1) is 8.79. The second kappa shape index (κ2) is 2.63. The van der Waals surface area contributed by atoms with Gasteiger partial charge in [-0.05, 0) is 17.8 Å². The zero-order valence-electron chi connectivity index (χ0n) is 7.72. The molecule has 0 aromatic rings. The number of aliphatic hydroxyl groups is 1. The third-order valence-electron chi connectivity index (χ3n) is 3.41. The van der Waals surface area contributed by atoms with E-state index in [2.05, 4.69) is 27.4 Å². The van der Waals surface area contributed by atoms with Crippen LogP contribution in [0.4, 0.5) is 0 Å². The van der Waals surface area contributed by atoms with Gasteiger partial charge < -0.3 is 5.11 Å². The predicted molar refractivity (Wildman–Crippen MR) is 47.3 cm³/mol. The fourth-order valence-corrected chi connectivity index (χ4v) is 1.89. The molecule has 11 heavy (non-hydrogen) atoms. The predicted octanol–water partition coefficient (Wildman–Crippen LogP) is 2.22. The molecule has 64 valence electrons. The molecule has 0 bridgehead atoms. The summed E-state index contributed by atoms with van der Waals surface area (Å²) in [6.07, 6.45) is 1.10. The van der Waals surface area contributed by atoms with Gasteiger partial charge in [-0.25, -0.2) is 0 Å². The molecule has 0 amide bonds. The van der Waals surface area contributed by atoms with E-state index in [1.165, 1.54) is 5.57 Å². The molecule has 0 heterocycles. The van der Waals surface area contributed by atoms with Gasteiger partial charge in [0.25, 0.3) is 0 Å². The molecule has 1 aliphatic carbocycles. The van der Waals surface area contributed by atoms with Crippen molar-refractivity contribution in [3.63, 3.8) is 0 Å². The molecule has 1 nitrogen and oxygen atoms in total. The van der Waals surface area contributed by atoms with Crippen molar-refractivity contribution in [1.82, 2.24) is 0 Å². The van der Waals surface area contributed by atoms with Gasteiger partial charge in [0.15, 0.2) is 0 Å². The second-order valence-corrected chi connectivity index (χ2v) is 4.26. The van der Waals surface area contributed by atoms with Crippen LogP contribution in [-0.4, -0.2) is 11.7 Å². The van der Waals surface area contributed by atoms with Crippen molar-refractivity contribution in [2.75, 3.05) is 6.61 Å². The summed E-state index contributed by atoms with van der Waals surface area (Å²) in [5, 5.41) is 9.03. The minimum absolute atomic E-state index is 0.230. The Morgan fingerprint density at radius 1 is 1.64 bits per heavy atom. The van der Waals surface area contributed by atoms with Gasteiger partial charge in [0.2, 0.25) is 0 Å². The summed E-state index contributed by atoms with van der Waals surface area (Å²) < 4.78 is 0. The van der Waals surface area contributed by atoms with Crippen LogP contribution in [0.3, 0.4) is 0 Å². The molecular weight excluding hydrogens is 136 g/mol. The highest BCUT2D eigenvalue weighted by molar-refractivity contribution is 5.18. The average molecular weight is 154 g/mol. The van der Waals surface area contributed by atoms with E-state index in [0.717, 1.165) is 6.42 Å². The summed E-state index contributed by atoms with van der Waals surface area (Å²) in [7, 11) is 0. The lowest BCUT2D eigenvalue weighted by Crippen LogP contribution is -2.16. The maximum absolute atomic E-state index is 9.03. The first-order valence-electron chi connectivity index (χ1n) is 4.30. The van der Waals surface area contributed by atoms with E-state index >= 15 is 0 Å². The summed E-state index contributed by atoms with van der Waals surface area (Å²) in [5.41, 5.74) is 1.46. The lowest BCUT2D eigenvalue weighted by atomic mass is 9.80. The fourth-order valence-electron chi connectivity index (χ4n) is 1.89. The Morgan fingerprint density at radius 3 is 2.36 bits per heavy atom. The molecule has 0 radical (unpaired) electrons. The molecule has 0 aromatic carbocycles. The zero-order valence-corrected chi connectivity index (χ0v) is 7.72. The fraction of sp³-hybridized carbons (Fsp3) is 0.800. The zero-order chi connectivity index (χ0) is 8.65. The molecule has 1 rings (SSSR count). The van der Waals surface area contributed by atoms with Crippen LogP contribution in [0.2, 0.25) is 0 Å². The molecule has 1 fully saturated rings. The number of rotatable bonds is 1. The van der Waals surface area contributed by atoms with Crippen LogP contribution in [0.5, 0.6) is 0 Å². The molecule has 0 unspecified atom stereocenters. The second-order valence-electron chi connectivity index (χ2n) is 4.26. The van der Waals surface area contributed by atoms with Crippen molar-refractivity contribution in [2.24, 2.45) is 17.3 Å². The van der Waals surface area contributed by atoms with Crippen LogP contribution in [0, 0.1) is 17.3 Å². The maximum Gasteiger partial charge on any atom is 0.0496 e. The average Bonchev–Trinajstić information content (AvgIpc) is 2.14.